The van der Waals surface area contributed by atoms with Gasteiger partial charge in [0.2, 0.25) is 0 Å². The molecule has 0 bridgehead atoms. The lowest BCUT2D eigenvalue weighted by Gasteiger charge is -1.85. The molecule has 0 atom stereocenters. The van der Waals surface area contributed by atoms with E-state index in [9.17, 15) is 9.18 Å². The maximum absolute atomic E-state index is 10.9. The van der Waals surface area contributed by atoms with Gasteiger partial charge in [-0.05, 0) is 0 Å². The average Bonchev–Trinajstić information content (AvgIpc) is 2.20. The molecule has 66 valence electrons. The second kappa shape index (κ2) is 7.72. The summed E-state index contributed by atoms with van der Waals surface area (Å²) in [6.07, 6.45) is 0. The Bertz CT molecular complexity index is 166. The number of ether oxygens (including phenoxy) is 1. The van der Waals surface area contributed by atoms with Gasteiger partial charge in [0, 0.05) is 0 Å². The maximum atomic E-state index is 10.9. The molecule has 0 heterocycles. The van der Waals surface area contributed by atoms with Crippen LogP contribution >= 0.6 is 0 Å². The molecule has 0 aliphatic carbocycles. The van der Waals surface area contributed by atoms with Gasteiger partial charge in [0.15, 0.2) is 6.67 Å². The predicted octanol–water partition coefficient (Wildman–Crippen LogP) is 1.82. The first-order chi connectivity index (χ1) is 5.81. The van der Waals surface area contributed by atoms with E-state index in [4.69, 9.17) is 0 Å². The number of methoxy groups -OCH3 is 1. The van der Waals surface area contributed by atoms with Gasteiger partial charge >= 0.3 is 5.97 Å². The Morgan fingerprint density at radius 1 is 1.17 bits per heavy atom. The van der Waals surface area contributed by atoms with E-state index in [-0.39, 0.29) is 0 Å². The highest BCUT2D eigenvalue weighted by atomic mass is 19.1. The Hall–Kier alpha value is -1.38. The zero-order chi connectivity index (χ0) is 9.23. The van der Waals surface area contributed by atoms with Crippen LogP contribution in [0.25, 0.3) is 0 Å². The predicted molar refractivity (Wildman–Crippen MR) is 44.4 cm³/mol. The molecular weight excluding hydrogens is 159 g/mol. The normalized spacial score (nSPS) is 7.83. The van der Waals surface area contributed by atoms with Gasteiger partial charge < -0.3 is 4.74 Å². The number of alkyl halides is 1. The highest BCUT2D eigenvalue weighted by Crippen LogP contribution is 1.79. The van der Waals surface area contributed by atoms with Crippen molar-refractivity contribution in [1.29, 1.82) is 0 Å². The number of esters is 1. The van der Waals surface area contributed by atoms with Crippen molar-refractivity contribution in [3.63, 3.8) is 0 Å². The van der Waals surface area contributed by atoms with Gasteiger partial charge in [0.05, 0.1) is 7.11 Å². The molecule has 0 spiro atoms. The van der Waals surface area contributed by atoms with E-state index in [0.29, 0.717) is 0 Å². The smallest absolute Gasteiger partial charge is 0.337 e. The highest BCUT2D eigenvalue weighted by Gasteiger charge is 1.91. The van der Waals surface area contributed by atoms with Crippen molar-refractivity contribution >= 4 is 5.97 Å². The van der Waals surface area contributed by atoms with Crippen LogP contribution in [0.2, 0.25) is 0 Å². The van der Waals surface area contributed by atoms with Gasteiger partial charge in [-0.15, -0.1) is 0 Å². The summed E-state index contributed by atoms with van der Waals surface area (Å²) in [5, 5.41) is 0. The van der Waals surface area contributed by atoms with Crippen molar-refractivity contribution in [3.8, 4) is 0 Å². The lowest BCUT2D eigenvalue weighted by Crippen LogP contribution is -2.00. The van der Waals surface area contributed by atoms with Gasteiger partial charge in [-0.1, -0.05) is 36.4 Å². The summed E-state index contributed by atoms with van der Waals surface area (Å²) in [7, 11) is 1.14. The Morgan fingerprint density at radius 3 is 1.58 bits per heavy atom. The fourth-order valence-electron chi connectivity index (χ4n) is 0.439. The molecule has 0 fully saturated rings. The van der Waals surface area contributed by atoms with Crippen LogP contribution in [0.15, 0.2) is 36.4 Å². The van der Waals surface area contributed by atoms with Gasteiger partial charge in [-0.25, -0.2) is 9.18 Å². The number of hydrogen-bond donors (Lipinski definition) is 0. The molecule has 0 unspecified atom stereocenters. The molecule has 1 aromatic rings. The number of carbonyl (C=O) groups is 1. The molecule has 0 amide bonds. The van der Waals surface area contributed by atoms with Crippen LogP contribution in [0, 0.1) is 0 Å². The van der Waals surface area contributed by atoms with Gasteiger partial charge in [-0.2, -0.15) is 0 Å². The Kier molecular flexibility index (Phi) is 6.84. The standard InChI is InChI=1S/C6H6.C3H5FO2/c1-2-4-6-5-3-1;1-6-3(5)2-4/h1-6H;2H2,1H3. The molecule has 0 aliphatic rings. The Labute approximate surface area is 71.0 Å². The first-order valence-corrected chi connectivity index (χ1v) is 3.44. The lowest BCUT2D eigenvalue weighted by atomic mass is 10.4. The molecule has 2 nitrogen and oxygen atoms in total. The molecule has 0 N–H and O–H groups in total. The lowest BCUT2D eigenvalue weighted by molar-refractivity contribution is -0.141. The van der Waals surface area contributed by atoms with Crippen LogP contribution in [0.5, 0.6) is 0 Å². The molecule has 1 rings (SSSR count). The van der Waals surface area contributed by atoms with Crippen molar-refractivity contribution in [2.75, 3.05) is 13.8 Å². The minimum Gasteiger partial charge on any atom is -0.467 e. The summed E-state index contributed by atoms with van der Waals surface area (Å²) in [5.41, 5.74) is 0. The maximum Gasteiger partial charge on any atom is 0.337 e. The van der Waals surface area contributed by atoms with Gasteiger partial charge in [-0.3, -0.25) is 0 Å². The summed E-state index contributed by atoms with van der Waals surface area (Å²) in [4.78, 5) is 9.58. The molecule has 0 aliphatic heterocycles. The van der Waals surface area contributed by atoms with E-state index >= 15 is 0 Å². The average molecular weight is 170 g/mol. The van der Waals surface area contributed by atoms with E-state index in [2.05, 4.69) is 4.74 Å². The Morgan fingerprint density at radius 2 is 1.50 bits per heavy atom. The van der Waals surface area contributed by atoms with Crippen molar-refractivity contribution in [2.24, 2.45) is 0 Å². The molecule has 3 heteroatoms. The second-order valence-corrected chi connectivity index (χ2v) is 1.86. The third kappa shape index (κ3) is 6.74. The summed E-state index contributed by atoms with van der Waals surface area (Å²) < 4.78 is 14.8. The Balaban J connectivity index is 0.000000202. The van der Waals surface area contributed by atoms with E-state index < -0.39 is 12.6 Å². The minimum atomic E-state index is -1.03. The SMILES string of the molecule is COC(=O)CF.c1ccccc1. The summed E-state index contributed by atoms with van der Waals surface area (Å²) >= 11 is 0. The summed E-state index contributed by atoms with van der Waals surface area (Å²) in [6.45, 7) is -1.03. The first kappa shape index (κ1) is 10.6. The zero-order valence-corrected chi connectivity index (χ0v) is 6.87. The molecular formula is C9H11FO2. The van der Waals surface area contributed by atoms with Crippen LogP contribution in [0.3, 0.4) is 0 Å². The second-order valence-electron chi connectivity index (χ2n) is 1.86. The number of rotatable bonds is 1. The molecule has 0 saturated carbocycles. The highest BCUT2D eigenvalue weighted by molar-refractivity contribution is 5.70. The largest absolute Gasteiger partial charge is 0.467 e. The fraction of sp³-hybridized carbons (Fsp3) is 0.222. The minimum absolute atomic E-state index is 0.824. The number of benzene rings is 1. The molecule has 1 aromatic carbocycles. The molecule has 0 saturated heterocycles. The molecule has 0 radical (unpaired) electrons. The van der Waals surface area contributed by atoms with Crippen LogP contribution in [0.4, 0.5) is 4.39 Å². The monoisotopic (exact) mass is 170 g/mol. The first-order valence-electron chi connectivity index (χ1n) is 3.44. The van der Waals surface area contributed by atoms with Crippen LogP contribution in [-0.2, 0) is 9.53 Å². The van der Waals surface area contributed by atoms with E-state index in [1.807, 2.05) is 36.4 Å². The summed E-state index contributed by atoms with van der Waals surface area (Å²) in [6, 6.07) is 12.0. The van der Waals surface area contributed by atoms with E-state index in [1.54, 1.807) is 0 Å². The number of carbonyl (C=O) groups excluding carboxylic acids is 1. The zero-order valence-electron chi connectivity index (χ0n) is 6.87. The third-order valence-corrected chi connectivity index (χ3v) is 1.00. The van der Waals surface area contributed by atoms with Crippen LogP contribution in [0.1, 0.15) is 0 Å². The summed E-state index contributed by atoms with van der Waals surface area (Å²) in [5.74, 6) is -0.824. The van der Waals surface area contributed by atoms with E-state index in [0.717, 1.165) is 7.11 Å². The van der Waals surface area contributed by atoms with E-state index in [1.165, 1.54) is 0 Å². The number of halogens is 1. The van der Waals surface area contributed by atoms with Crippen molar-refractivity contribution in [3.05, 3.63) is 36.4 Å². The van der Waals surface area contributed by atoms with Crippen molar-refractivity contribution in [1.82, 2.24) is 0 Å². The van der Waals surface area contributed by atoms with Gasteiger partial charge in [0.25, 0.3) is 0 Å². The third-order valence-electron chi connectivity index (χ3n) is 1.00. The van der Waals surface area contributed by atoms with Crippen LogP contribution in [-0.4, -0.2) is 19.8 Å². The van der Waals surface area contributed by atoms with Crippen LogP contribution < -0.4 is 0 Å². The molecule has 12 heavy (non-hydrogen) atoms. The number of hydrogen-bond acceptors (Lipinski definition) is 2. The van der Waals surface area contributed by atoms with Gasteiger partial charge in [0.1, 0.15) is 0 Å². The van der Waals surface area contributed by atoms with Crippen molar-refractivity contribution < 1.29 is 13.9 Å². The van der Waals surface area contributed by atoms with Crippen molar-refractivity contribution in [2.45, 2.75) is 0 Å². The quantitative estimate of drug-likeness (QED) is 0.601. The topological polar surface area (TPSA) is 26.3 Å². The fourth-order valence-corrected chi connectivity index (χ4v) is 0.439. The molecule has 0 aromatic heterocycles.